The summed E-state index contributed by atoms with van der Waals surface area (Å²) in [6, 6.07) is 18.2. The van der Waals surface area contributed by atoms with Crippen LogP contribution in [0.25, 0.3) is 11.3 Å². The maximum Gasteiger partial charge on any atom is 0.257 e. The summed E-state index contributed by atoms with van der Waals surface area (Å²) >= 11 is 5.85. The van der Waals surface area contributed by atoms with Crippen LogP contribution in [0.1, 0.15) is 16.1 Å². The van der Waals surface area contributed by atoms with Crippen LogP contribution in [-0.4, -0.2) is 18.0 Å². The predicted octanol–water partition coefficient (Wildman–Crippen LogP) is 4.97. The van der Waals surface area contributed by atoms with Gasteiger partial charge in [0.15, 0.2) is 0 Å². The number of rotatable bonds is 4. The van der Waals surface area contributed by atoms with Crippen molar-refractivity contribution in [3.63, 3.8) is 0 Å². The molecule has 0 unspecified atom stereocenters. The van der Waals surface area contributed by atoms with Crippen molar-refractivity contribution in [2.75, 3.05) is 12.4 Å². The van der Waals surface area contributed by atoms with Crippen LogP contribution in [0.5, 0.6) is 5.75 Å². The fourth-order valence-electron chi connectivity index (χ4n) is 2.46. The first-order chi connectivity index (χ1) is 12.1. The van der Waals surface area contributed by atoms with Gasteiger partial charge in [-0.3, -0.25) is 9.78 Å². The molecular formula is C20H17ClN2O2. The number of hydrogen-bond acceptors (Lipinski definition) is 3. The molecule has 0 atom stereocenters. The summed E-state index contributed by atoms with van der Waals surface area (Å²) in [5, 5.41) is 3.47. The Hall–Kier alpha value is -2.85. The molecule has 0 aliphatic heterocycles. The lowest BCUT2D eigenvalue weighted by molar-refractivity contribution is 0.102. The Morgan fingerprint density at radius 3 is 2.28 bits per heavy atom. The molecule has 3 aromatic rings. The number of benzene rings is 2. The molecule has 1 heterocycles. The molecule has 1 aromatic heterocycles. The normalized spacial score (nSPS) is 10.4. The smallest absolute Gasteiger partial charge is 0.257 e. The largest absolute Gasteiger partial charge is 0.497 e. The monoisotopic (exact) mass is 352 g/mol. The first kappa shape index (κ1) is 17.0. The van der Waals surface area contributed by atoms with Gasteiger partial charge < -0.3 is 10.1 Å². The second kappa shape index (κ2) is 7.36. The van der Waals surface area contributed by atoms with Crippen LogP contribution in [0.15, 0.2) is 60.7 Å². The Bertz CT molecular complexity index is 891. The topological polar surface area (TPSA) is 51.2 Å². The summed E-state index contributed by atoms with van der Waals surface area (Å²) in [5.41, 5.74) is 3.66. The highest BCUT2D eigenvalue weighted by Gasteiger charge is 2.12. The number of halogens is 1. The van der Waals surface area contributed by atoms with Crippen LogP contribution in [0.3, 0.4) is 0 Å². The van der Waals surface area contributed by atoms with E-state index in [0.717, 1.165) is 17.0 Å². The van der Waals surface area contributed by atoms with E-state index in [1.165, 1.54) is 0 Å². The number of amides is 1. The van der Waals surface area contributed by atoms with Crippen molar-refractivity contribution in [3.05, 3.63) is 76.9 Å². The van der Waals surface area contributed by atoms with Gasteiger partial charge in [0.1, 0.15) is 5.75 Å². The molecule has 0 saturated carbocycles. The van der Waals surface area contributed by atoms with Crippen LogP contribution >= 0.6 is 11.6 Å². The SMILES string of the molecule is COc1ccc(-c2ccc(C(=O)Nc3ccc(Cl)cc3)c(C)n2)cc1. The van der Waals surface area contributed by atoms with Crippen LogP contribution in [0, 0.1) is 6.92 Å². The number of pyridine rings is 1. The Labute approximate surface area is 151 Å². The Balaban J connectivity index is 1.81. The molecular weight excluding hydrogens is 336 g/mol. The predicted molar refractivity (Wildman–Crippen MR) is 100 cm³/mol. The highest BCUT2D eigenvalue weighted by Crippen LogP contribution is 2.22. The number of hydrogen-bond donors (Lipinski definition) is 1. The Kier molecular flexibility index (Phi) is 5.00. The van der Waals surface area contributed by atoms with Gasteiger partial charge in [0.25, 0.3) is 5.91 Å². The Morgan fingerprint density at radius 2 is 1.68 bits per heavy atom. The minimum atomic E-state index is -0.200. The number of methoxy groups -OCH3 is 1. The van der Waals surface area contributed by atoms with Gasteiger partial charge in [-0.25, -0.2) is 0 Å². The average molecular weight is 353 g/mol. The van der Waals surface area contributed by atoms with E-state index in [9.17, 15) is 4.79 Å². The van der Waals surface area contributed by atoms with Crippen molar-refractivity contribution in [1.82, 2.24) is 4.98 Å². The molecule has 1 N–H and O–H groups in total. The van der Waals surface area contributed by atoms with Gasteiger partial charge in [0, 0.05) is 16.3 Å². The molecule has 5 heteroatoms. The van der Waals surface area contributed by atoms with E-state index in [0.29, 0.717) is 22.0 Å². The van der Waals surface area contributed by atoms with E-state index in [1.54, 1.807) is 37.4 Å². The molecule has 0 radical (unpaired) electrons. The second-order valence-electron chi connectivity index (χ2n) is 5.52. The molecule has 1 amide bonds. The van der Waals surface area contributed by atoms with E-state index < -0.39 is 0 Å². The first-order valence-corrected chi connectivity index (χ1v) is 8.13. The van der Waals surface area contributed by atoms with Gasteiger partial charge in [-0.05, 0) is 67.6 Å². The van der Waals surface area contributed by atoms with Crippen molar-refractivity contribution in [3.8, 4) is 17.0 Å². The van der Waals surface area contributed by atoms with E-state index in [1.807, 2.05) is 37.3 Å². The molecule has 0 bridgehead atoms. The fourth-order valence-corrected chi connectivity index (χ4v) is 2.58. The summed E-state index contributed by atoms with van der Waals surface area (Å²) in [4.78, 5) is 17.0. The van der Waals surface area contributed by atoms with E-state index >= 15 is 0 Å². The Morgan fingerprint density at radius 1 is 1.00 bits per heavy atom. The van der Waals surface area contributed by atoms with Crippen molar-refractivity contribution >= 4 is 23.2 Å². The third-order valence-corrected chi connectivity index (χ3v) is 4.07. The number of anilines is 1. The van der Waals surface area contributed by atoms with E-state index in [-0.39, 0.29) is 5.91 Å². The molecule has 126 valence electrons. The molecule has 2 aromatic carbocycles. The van der Waals surface area contributed by atoms with Gasteiger partial charge in [0.05, 0.1) is 24.1 Å². The van der Waals surface area contributed by atoms with E-state index in [2.05, 4.69) is 10.3 Å². The molecule has 0 spiro atoms. The number of aryl methyl sites for hydroxylation is 1. The average Bonchev–Trinajstić information content (AvgIpc) is 2.63. The van der Waals surface area contributed by atoms with Crippen LogP contribution < -0.4 is 10.1 Å². The van der Waals surface area contributed by atoms with Gasteiger partial charge in [-0.15, -0.1) is 0 Å². The zero-order chi connectivity index (χ0) is 17.8. The van der Waals surface area contributed by atoms with Crippen molar-refractivity contribution < 1.29 is 9.53 Å². The van der Waals surface area contributed by atoms with E-state index in [4.69, 9.17) is 16.3 Å². The molecule has 0 aliphatic carbocycles. The lowest BCUT2D eigenvalue weighted by atomic mass is 10.1. The maximum absolute atomic E-state index is 12.5. The quantitative estimate of drug-likeness (QED) is 0.721. The summed E-state index contributed by atoms with van der Waals surface area (Å²) < 4.78 is 5.16. The summed E-state index contributed by atoms with van der Waals surface area (Å²) in [6.07, 6.45) is 0. The van der Waals surface area contributed by atoms with Crippen LogP contribution in [-0.2, 0) is 0 Å². The third kappa shape index (κ3) is 3.98. The summed E-state index contributed by atoms with van der Waals surface area (Å²) in [6.45, 7) is 1.82. The zero-order valence-corrected chi connectivity index (χ0v) is 14.7. The van der Waals surface area contributed by atoms with Gasteiger partial charge in [-0.1, -0.05) is 11.6 Å². The number of nitrogens with zero attached hydrogens (tertiary/aromatic N) is 1. The standard InChI is InChI=1S/C20H17ClN2O2/c1-13-18(20(24)23-16-7-5-15(21)6-8-16)11-12-19(22-13)14-3-9-17(25-2)10-4-14/h3-12H,1-2H3,(H,23,24). The first-order valence-electron chi connectivity index (χ1n) is 7.76. The third-order valence-electron chi connectivity index (χ3n) is 3.82. The van der Waals surface area contributed by atoms with Crippen molar-refractivity contribution in [1.29, 1.82) is 0 Å². The molecule has 25 heavy (non-hydrogen) atoms. The van der Waals surface area contributed by atoms with Crippen molar-refractivity contribution in [2.24, 2.45) is 0 Å². The lowest BCUT2D eigenvalue weighted by Crippen LogP contribution is -2.14. The second-order valence-corrected chi connectivity index (χ2v) is 5.96. The van der Waals surface area contributed by atoms with Gasteiger partial charge >= 0.3 is 0 Å². The minimum absolute atomic E-state index is 0.200. The molecule has 0 aliphatic rings. The highest BCUT2D eigenvalue weighted by atomic mass is 35.5. The molecule has 0 saturated heterocycles. The maximum atomic E-state index is 12.5. The molecule has 3 rings (SSSR count). The fraction of sp³-hybridized carbons (Fsp3) is 0.100. The lowest BCUT2D eigenvalue weighted by Gasteiger charge is -2.09. The zero-order valence-electron chi connectivity index (χ0n) is 13.9. The van der Waals surface area contributed by atoms with Crippen LogP contribution in [0.2, 0.25) is 5.02 Å². The summed E-state index contributed by atoms with van der Waals surface area (Å²) in [5.74, 6) is 0.591. The molecule has 0 fully saturated rings. The van der Waals surface area contributed by atoms with Crippen LogP contribution in [0.4, 0.5) is 5.69 Å². The number of ether oxygens (including phenoxy) is 1. The minimum Gasteiger partial charge on any atom is -0.497 e. The van der Waals surface area contributed by atoms with Crippen molar-refractivity contribution in [2.45, 2.75) is 6.92 Å². The molecule has 4 nitrogen and oxygen atoms in total. The summed E-state index contributed by atoms with van der Waals surface area (Å²) in [7, 11) is 1.63. The highest BCUT2D eigenvalue weighted by molar-refractivity contribution is 6.30. The van der Waals surface area contributed by atoms with Gasteiger partial charge in [-0.2, -0.15) is 0 Å². The number of carbonyl (C=O) groups is 1. The number of aromatic nitrogens is 1. The number of nitrogens with one attached hydrogen (secondary N) is 1. The number of carbonyl (C=O) groups excluding carboxylic acids is 1. The van der Waals surface area contributed by atoms with Gasteiger partial charge in [0.2, 0.25) is 0 Å².